The summed E-state index contributed by atoms with van der Waals surface area (Å²) in [5, 5.41) is 3.83. The first-order chi connectivity index (χ1) is 9.31. The topological polar surface area (TPSA) is 90.0 Å². The van der Waals surface area contributed by atoms with Gasteiger partial charge in [-0.15, -0.1) is 0 Å². The van der Waals surface area contributed by atoms with Crippen LogP contribution in [0.3, 0.4) is 0 Å². The van der Waals surface area contributed by atoms with Crippen LogP contribution in [0.15, 0.2) is 29.3 Å². The largest absolute Gasteiger partial charge is 0.384 e. The van der Waals surface area contributed by atoms with Crippen molar-refractivity contribution in [2.45, 2.75) is 11.4 Å². The molecule has 0 bridgehead atoms. The molecule has 1 aromatic heterocycles. The summed E-state index contributed by atoms with van der Waals surface area (Å²) in [6, 6.07) is 3.13. The summed E-state index contributed by atoms with van der Waals surface area (Å²) in [6.45, 7) is -0.0607. The Balaban J connectivity index is 2.24. The molecule has 0 aliphatic heterocycles. The summed E-state index contributed by atoms with van der Waals surface area (Å²) in [4.78, 5) is -0.318. The molecule has 1 heterocycles. The van der Waals surface area contributed by atoms with E-state index in [-0.39, 0.29) is 16.5 Å². The first-order valence-corrected chi connectivity index (χ1v) is 7.38. The van der Waals surface area contributed by atoms with Gasteiger partial charge in [-0.3, -0.25) is 4.68 Å². The normalized spacial score (nSPS) is 11.8. The third kappa shape index (κ3) is 2.92. The van der Waals surface area contributed by atoms with Gasteiger partial charge >= 0.3 is 0 Å². The molecule has 9 heteroatoms. The average Bonchev–Trinajstić information content (AvgIpc) is 2.70. The molecule has 2 rings (SSSR count). The minimum atomic E-state index is -3.93. The van der Waals surface area contributed by atoms with E-state index >= 15 is 0 Å². The van der Waals surface area contributed by atoms with E-state index in [1.165, 1.54) is 16.9 Å². The fourth-order valence-corrected chi connectivity index (χ4v) is 3.08. The molecule has 0 atom stereocenters. The number of anilines is 1. The first kappa shape index (κ1) is 14.8. The van der Waals surface area contributed by atoms with E-state index in [0.717, 1.165) is 12.1 Å². The molecule has 0 unspecified atom stereocenters. The second-order valence-electron chi connectivity index (χ2n) is 4.08. The minimum absolute atomic E-state index is 0.0574. The predicted molar refractivity (Wildman–Crippen MR) is 73.1 cm³/mol. The third-order valence-electron chi connectivity index (χ3n) is 2.70. The van der Waals surface area contributed by atoms with E-state index in [1.807, 2.05) is 0 Å². The van der Waals surface area contributed by atoms with Crippen molar-refractivity contribution >= 4 is 27.4 Å². The van der Waals surface area contributed by atoms with E-state index in [4.69, 9.17) is 17.3 Å². The van der Waals surface area contributed by atoms with Crippen molar-refractivity contribution in [3.8, 4) is 0 Å². The number of nitrogen functional groups attached to an aromatic ring is 1. The number of benzene rings is 1. The fourth-order valence-electron chi connectivity index (χ4n) is 1.56. The highest BCUT2D eigenvalue weighted by Crippen LogP contribution is 2.22. The van der Waals surface area contributed by atoms with Gasteiger partial charge in [0.25, 0.3) is 0 Å². The smallest absolute Gasteiger partial charge is 0.242 e. The highest BCUT2D eigenvalue weighted by atomic mass is 35.5. The Morgan fingerprint density at radius 1 is 1.50 bits per heavy atom. The summed E-state index contributed by atoms with van der Waals surface area (Å²) in [5.74, 6) is -0.339. The lowest BCUT2D eigenvalue weighted by Gasteiger charge is -2.08. The van der Waals surface area contributed by atoms with Gasteiger partial charge in [-0.25, -0.2) is 17.5 Å². The van der Waals surface area contributed by atoms with Crippen LogP contribution in [-0.2, 0) is 23.6 Å². The number of sulfonamides is 1. The SMILES string of the molecule is Cn1ncc(CNS(=O)(=O)c2cc(F)ccc2Cl)c1N. The number of nitrogens with two attached hydrogens (primary N) is 1. The van der Waals surface area contributed by atoms with Crippen molar-refractivity contribution in [2.75, 3.05) is 5.73 Å². The Kier molecular flexibility index (Phi) is 3.98. The Bertz CT molecular complexity index is 745. The number of rotatable bonds is 4. The number of nitrogens with zero attached hydrogens (tertiary/aromatic N) is 2. The third-order valence-corrected chi connectivity index (χ3v) is 4.58. The van der Waals surface area contributed by atoms with Gasteiger partial charge in [-0.1, -0.05) is 11.6 Å². The van der Waals surface area contributed by atoms with Crippen molar-refractivity contribution in [3.05, 3.63) is 40.8 Å². The van der Waals surface area contributed by atoms with Crippen LogP contribution in [0.4, 0.5) is 10.2 Å². The van der Waals surface area contributed by atoms with Gasteiger partial charge in [0.1, 0.15) is 16.5 Å². The zero-order valence-corrected chi connectivity index (χ0v) is 12.0. The summed E-state index contributed by atoms with van der Waals surface area (Å²) in [6.07, 6.45) is 1.45. The van der Waals surface area contributed by atoms with Crippen LogP contribution in [-0.4, -0.2) is 18.2 Å². The van der Waals surface area contributed by atoms with Gasteiger partial charge in [0, 0.05) is 19.2 Å². The molecule has 0 saturated heterocycles. The molecule has 0 aliphatic carbocycles. The Morgan fingerprint density at radius 2 is 2.20 bits per heavy atom. The lowest BCUT2D eigenvalue weighted by Crippen LogP contribution is -2.24. The standard InChI is InChI=1S/C11H12ClFN4O2S/c1-17-11(14)7(5-15-17)6-16-20(18,19)10-4-8(13)2-3-9(10)12/h2-5,16H,6,14H2,1H3. The first-order valence-electron chi connectivity index (χ1n) is 5.52. The molecule has 0 aliphatic rings. The van der Waals surface area contributed by atoms with Crippen LogP contribution in [0.5, 0.6) is 0 Å². The molecule has 20 heavy (non-hydrogen) atoms. The number of halogens is 2. The summed E-state index contributed by atoms with van der Waals surface area (Å²) >= 11 is 5.77. The Labute approximate surface area is 120 Å². The maximum atomic E-state index is 13.1. The Morgan fingerprint density at radius 3 is 2.80 bits per heavy atom. The van der Waals surface area contributed by atoms with Gasteiger partial charge in [0.2, 0.25) is 10.0 Å². The highest BCUT2D eigenvalue weighted by molar-refractivity contribution is 7.89. The molecule has 0 spiro atoms. The van der Waals surface area contributed by atoms with Gasteiger partial charge < -0.3 is 5.73 Å². The summed E-state index contributed by atoms with van der Waals surface area (Å²) in [5.41, 5.74) is 6.22. The van der Waals surface area contributed by atoms with Gasteiger partial charge in [0.05, 0.1) is 11.2 Å². The van der Waals surface area contributed by atoms with E-state index in [2.05, 4.69) is 9.82 Å². The zero-order valence-electron chi connectivity index (χ0n) is 10.5. The van der Waals surface area contributed by atoms with Crippen molar-refractivity contribution in [3.63, 3.8) is 0 Å². The fraction of sp³-hybridized carbons (Fsp3) is 0.182. The van der Waals surface area contributed by atoms with Gasteiger partial charge in [0.15, 0.2) is 0 Å². The molecule has 0 saturated carbocycles. The number of aryl methyl sites for hydroxylation is 1. The van der Waals surface area contributed by atoms with Crippen molar-refractivity contribution in [2.24, 2.45) is 7.05 Å². The van der Waals surface area contributed by atoms with Crippen LogP contribution < -0.4 is 10.5 Å². The predicted octanol–water partition coefficient (Wildman–Crippen LogP) is 1.27. The lowest BCUT2D eigenvalue weighted by atomic mass is 10.3. The van der Waals surface area contributed by atoms with Crippen LogP contribution in [0.1, 0.15) is 5.56 Å². The van der Waals surface area contributed by atoms with E-state index in [1.54, 1.807) is 7.05 Å². The van der Waals surface area contributed by atoms with E-state index in [0.29, 0.717) is 11.4 Å². The minimum Gasteiger partial charge on any atom is -0.384 e. The molecule has 0 radical (unpaired) electrons. The molecule has 0 amide bonds. The second kappa shape index (κ2) is 5.39. The zero-order chi connectivity index (χ0) is 14.9. The molecule has 6 nitrogen and oxygen atoms in total. The number of hydrogen-bond donors (Lipinski definition) is 2. The van der Waals surface area contributed by atoms with E-state index < -0.39 is 15.8 Å². The van der Waals surface area contributed by atoms with Gasteiger partial charge in [-0.05, 0) is 18.2 Å². The second-order valence-corrected chi connectivity index (χ2v) is 6.22. The molecular formula is C11H12ClFN4O2S. The molecule has 1 aromatic carbocycles. The Hall–Kier alpha value is -1.64. The van der Waals surface area contributed by atoms with Crippen LogP contribution >= 0.6 is 11.6 Å². The number of hydrogen-bond acceptors (Lipinski definition) is 4. The quantitative estimate of drug-likeness (QED) is 0.888. The molecule has 108 valence electrons. The molecule has 2 aromatic rings. The van der Waals surface area contributed by atoms with Crippen molar-refractivity contribution < 1.29 is 12.8 Å². The maximum Gasteiger partial charge on any atom is 0.242 e. The molecular weight excluding hydrogens is 307 g/mol. The summed E-state index contributed by atoms with van der Waals surface area (Å²) < 4.78 is 41.0. The number of nitrogens with one attached hydrogen (secondary N) is 1. The monoisotopic (exact) mass is 318 g/mol. The van der Waals surface area contributed by atoms with Crippen LogP contribution in [0, 0.1) is 5.82 Å². The van der Waals surface area contributed by atoms with Crippen LogP contribution in [0.25, 0.3) is 0 Å². The van der Waals surface area contributed by atoms with E-state index in [9.17, 15) is 12.8 Å². The van der Waals surface area contributed by atoms with Crippen molar-refractivity contribution in [1.82, 2.24) is 14.5 Å². The number of aromatic nitrogens is 2. The van der Waals surface area contributed by atoms with Crippen LogP contribution in [0.2, 0.25) is 5.02 Å². The summed E-state index contributed by atoms with van der Waals surface area (Å²) in [7, 11) is -2.30. The highest BCUT2D eigenvalue weighted by Gasteiger charge is 2.19. The average molecular weight is 319 g/mol. The lowest BCUT2D eigenvalue weighted by molar-refractivity contribution is 0.577. The van der Waals surface area contributed by atoms with Crippen molar-refractivity contribution in [1.29, 1.82) is 0 Å². The maximum absolute atomic E-state index is 13.1. The molecule has 0 fully saturated rings. The van der Waals surface area contributed by atoms with Gasteiger partial charge in [-0.2, -0.15) is 5.10 Å². The molecule has 3 N–H and O–H groups in total.